The third-order valence-electron chi connectivity index (χ3n) is 4.85. The highest BCUT2D eigenvalue weighted by atomic mass is 16.9. The predicted octanol–water partition coefficient (Wildman–Crippen LogP) is 3.68. The van der Waals surface area contributed by atoms with Crippen LogP contribution in [-0.2, 0) is 21.0 Å². The van der Waals surface area contributed by atoms with Gasteiger partial charge in [-0.15, -0.1) is 10.1 Å². The molecule has 1 atom stereocenters. The van der Waals surface area contributed by atoms with Crippen LogP contribution in [0.4, 0.5) is 4.79 Å². The van der Waals surface area contributed by atoms with Gasteiger partial charge in [0.2, 0.25) is 0 Å². The molecule has 162 valence electrons. The number of pyridine rings is 1. The van der Waals surface area contributed by atoms with E-state index in [0.29, 0.717) is 11.5 Å². The third-order valence-corrected chi connectivity index (χ3v) is 4.85. The summed E-state index contributed by atoms with van der Waals surface area (Å²) in [6, 6.07) is 3.30. The van der Waals surface area contributed by atoms with E-state index >= 15 is 0 Å². The zero-order chi connectivity index (χ0) is 20.4. The lowest BCUT2D eigenvalue weighted by molar-refractivity contribution is -0.757. The van der Waals surface area contributed by atoms with E-state index in [9.17, 15) is 19.7 Å². The van der Waals surface area contributed by atoms with E-state index in [1.54, 1.807) is 29.1 Å². The number of rotatable bonds is 10. The second-order valence-electron chi connectivity index (χ2n) is 6.93. The summed E-state index contributed by atoms with van der Waals surface area (Å²) in [6.07, 6.45) is 8.42. The summed E-state index contributed by atoms with van der Waals surface area (Å²) in [5.41, 5.74) is 0.427. The van der Waals surface area contributed by atoms with E-state index in [0.717, 1.165) is 12.8 Å². The van der Waals surface area contributed by atoms with E-state index in [-0.39, 0.29) is 45.5 Å². The largest absolute Gasteiger partial charge is 0.513 e. The van der Waals surface area contributed by atoms with Gasteiger partial charge in [-0.05, 0) is 38.2 Å². The lowest BCUT2D eigenvalue weighted by Crippen LogP contribution is -2.37. The highest BCUT2D eigenvalue weighted by Crippen LogP contribution is 2.27. The Morgan fingerprint density at radius 1 is 1.31 bits per heavy atom. The average molecular weight is 410 g/mol. The molecule has 1 aliphatic rings. The molecule has 9 nitrogen and oxygen atoms in total. The quantitative estimate of drug-likeness (QED) is 0.110. The molecule has 9 heteroatoms. The molecule has 0 unspecified atom stereocenters. The Kier molecular flexibility index (Phi) is 10.6. The van der Waals surface area contributed by atoms with Crippen molar-refractivity contribution in [2.24, 2.45) is 5.92 Å². The number of Topliss-reactive ketones (excluding diaryl/α,β-unsaturated/α-hetero) is 1. The Hall–Kier alpha value is -2.71. The third kappa shape index (κ3) is 8.89. The fourth-order valence-corrected chi connectivity index (χ4v) is 3.30. The van der Waals surface area contributed by atoms with Crippen LogP contribution >= 0.6 is 0 Å². The van der Waals surface area contributed by atoms with Gasteiger partial charge in [-0.25, -0.2) is 4.79 Å². The molecule has 1 aliphatic carbocycles. The number of carbonyl (C=O) groups excluding carboxylic acids is 2. The fourth-order valence-electron chi connectivity index (χ4n) is 3.30. The van der Waals surface area contributed by atoms with Gasteiger partial charge in [0.15, 0.2) is 18.2 Å². The highest BCUT2D eigenvalue weighted by Gasteiger charge is 2.24. The van der Waals surface area contributed by atoms with Crippen LogP contribution in [0.3, 0.4) is 0 Å². The SMILES string of the molecule is C[C@H](OC(=O)OC[n+]1cccc(C(=O)CCCO[N+](=O)[O-])c1)C1CCCCC1.[CH3-]. The Labute approximate surface area is 171 Å². The Morgan fingerprint density at radius 2 is 2.03 bits per heavy atom. The molecule has 0 bridgehead atoms. The molecule has 29 heavy (non-hydrogen) atoms. The van der Waals surface area contributed by atoms with Gasteiger partial charge in [0.05, 0.1) is 12.2 Å². The monoisotopic (exact) mass is 410 g/mol. The van der Waals surface area contributed by atoms with Crippen molar-refractivity contribution in [3.8, 4) is 0 Å². The first-order valence-electron chi connectivity index (χ1n) is 9.58. The van der Waals surface area contributed by atoms with Crippen molar-refractivity contribution in [2.45, 2.75) is 64.7 Å². The molecule has 1 aromatic rings. The standard InChI is InChI=1S/C19H27N2O7.CH3/c1-15(16-7-3-2-4-8-16)28-19(23)26-14-20-11-5-9-17(13-20)18(22)10-6-12-27-21(24)25;/h5,9,11,13,15-16H,2-4,6-8,10,12,14H2,1H3;1H3/q+1;-1/t15-;/m0./s1. The Morgan fingerprint density at radius 3 is 2.72 bits per heavy atom. The molecule has 1 saturated carbocycles. The van der Waals surface area contributed by atoms with Gasteiger partial charge in [0.25, 0.3) is 11.8 Å². The summed E-state index contributed by atoms with van der Waals surface area (Å²) < 4.78 is 12.1. The Balaban J connectivity index is 0.00000420. The van der Waals surface area contributed by atoms with Crippen molar-refractivity contribution in [1.29, 1.82) is 0 Å². The van der Waals surface area contributed by atoms with E-state index < -0.39 is 11.2 Å². The minimum atomic E-state index is -0.882. The molecule has 0 spiro atoms. The number of hydrogen-bond acceptors (Lipinski definition) is 7. The van der Waals surface area contributed by atoms with Crippen LogP contribution in [0.1, 0.15) is 62.2 Å². The zero-order valence-electron chi connectivity index (χ0n) is 17.1. The van der Waals surface area contributed by atoms with Crippen molar-refractivity contribution in [2.75, 3.05) is 6.61 Å². The van der Waals surface area contributed by atoms with Crippen molar-refractivity contribution < 1.29 is 33.6 Å². The maximum Gasteiger partial charge on any atom is 0.513 e. The number of hydrogen-bond donors (Lipinski definition) is 0. The zero-order valence-corrected chi connectivity index (χ0v) is 17.1. The molecule has 0 aliphatic heterocycles. The molecule has 1 heterocycles. The Bertz CT molecular complexity index is 675. The van der Waals surface area contributed by atoms with Gasteiger partial charge >= 0.3 is 6.16 Å². The topological polar surface area (TPSA) is 109 Å². The minimum Gasteiger partial charge on any atom is -0.431 e. The summed E-state index contributed by atoms with van der Waals surface area (Å²) in [7, 11) is 0. The number of aromatic nitrogens is 1. The van der Waals surface area contributed by atoms with Gasteiger partial charge in [-0.2, -0.15) is 4.57 Å². The van der Waals surface area contributed by atoms with Crippen LogP contribution in [0.5, 0.6) is 0 Å². The smallest absolute Gasteiger partial charge is 0.431 e. The van der Waals surface area contributed by atoms with Gasteiger partial charge in [0.1, 0.15) is 6.10 Å². The van der Waals surface area contributed by atoms with Crippen molar-refractivity contribution in [3.05, 3.63) is 47.6 Å². The second kappa shape index (κ2) is 12.7. The summed E-state index contributed by atoms with van der Waals surface area (Å²) in [4.78, 5) is 38.3. The molecule has 0 amide bonds. The van der Waals surface area contributed by atoms with Crippen molar-refractivity contribution >= 4 is 11.9 Å². The van der Waals surface area contributed by atoms with Crippen molar-refractivity contribution in [1.82, 2.24) is 0 Å². The summed E-state index contributed by atoms with van der Waals surface area (Å²) in [5.74, 6) is 0.212. The molecule has 0 N–H and O–H groups in total. The van der Waals surface area contributed by atoms with Crippen LogP contribution in [0.25, 0.3) is 0 Å². The van der Waals surface area contributed by atoms with E-state index in [1.807, 2.05) is 6.92 Å². The number of ketones is 1. The molecule has 0 radical (unpaired) electrons. The van der Waals surface area contributed by atoms with Gasteiger partial charge in [0, 0.05) is 12.5 Å². The lowest BCUT2D eigenvalue weighted by Gasteiger charge is -2.26. The molecular formula is C20H30N2O7. The van der Waals surface area contributed by atoms with Gasteiger partial charge in [-0.3, -0.25) is 4.79 Å². The molecule has 1 aromatic heterocycles. The minimum absolute atomic E-state index is 0. The molecule has 0 saturated heterocycles. The molecule has 0 aromatic carbocycles. The normalized spacial score (nSPS) is 14.9. The number of nitrogens with zero attached hydrogens (tertiary/aromatic N) is 2. The first-order chi connectivity index (χ1) is 13.5. The van der Waals surface area contributed by atoms with Crippen LogP contribution in [0.2, 0.25) is 0 Å². The van der Waals surface area contributed by atoms with Crippen LogP contribution in [-0.4, -0.2) is 29.7 Å². The van der Waals surface area contributed by atoms with Crippen LogP contribution < -0.4 is 4.57 Å². The predicted molar refractivity (Wildman–Crippen MR) is 103 cm³/mol. The number of ether oxygens (including phenoxy) is 2. The second-order valence-corrected chi connectivity index (χ2v) is 6.93. The first kappa shape index (κ1) is 24.3. The van der Waals surface area contributed by atoms with E-state index in [1.165, 1.54) is 19.3 Å². The van der Waals surface area contributed by atoms with Gasteiger partial charge in [-0.1, -0.05) is 19.3 Å². The van der Waals surface area contributed by atoms with Crippen LogP contribution in [0, 0.1) is 23.5 Å². The molecule has 1 fully saturated rings. The van der Waals surface area contributed by atoms with E-state index in [4.69, 9.17) is 9.47 Å². The first-order valence-corrected chi connectivity index (χ1v) is 9.58. The summed E-state index contributed by atoms with van der Waals surface area (Å²) >= 11 is 0. The maximum absolute atomic E-state index is 12.1. The number of carbonyl (C=O) groups is 2. The average Bonchev–Trinajstić information content (AvgIpc) is 2.70. The summed E-state index contributed by atoms with van der Waals surface area (Å²) in [5, 5.41) is 9.20. The maximum atomic E-state index is 12.1. The fraction of sp³-hybridized carbons (Fsp3) is 0.600. The highest BCUT2D eigenvalue weighted by molar-refractivity contribution is 5.95. The summed E-state index contributed by atoms with van der Waals surface area (Å²) in [6.45, 7) is 1.70. The van der Waals surface area contributed by atoms with E-state index in [2.05, 4.69) is 4.84 Å². The van der Waals surface area contributed by atoms with Gasteiger partial charge < -0.3 is 21.7 Å². The molecular weight excluding hydrogens is 380 g/mol. The van der Waals surface area contributed by atoms with Crippen LogP contribution in [0.15, 0.2) is 24.5 Å². The lowest BCUT2D eigenvalue weighted by atomic mass is 9.86. The molecule has 2 rings (SSSR count). The van der Waals surface area contributed by atoms with Crippen molar-refractivity contribution in [3.63, 3.8) is 0 Å².